The van der Waals surface area contributed by atoms with E-state index in [1.54, 1.807) is 11.5 Å². The highest BCUT2D eigenvalue weighted by Gasteiger charge is 2.44. The molecule has 4 N–H and O–H groups in total. The van der Waals surface area contributed by atoms with Gasteiger partial charge in [0.25, 0.3) is 0 Å². The predicted octanol–water partition coefficient (Wildman–Crippen LogP) is -0.104. The highest BCUT2D eigenvalue weighted by molar-refractivity contribution is 7.51. The fourth-order valence-electron chi connectivity index (χ4n) is 3.90. The summed E-state index contributed by atoms with van der Waals surface area (Å²) in [5.41, 5.74) is 1.07. The standard InChI is InChI=1S/C17H26N5O7P/c1-10-19-15(21-5-3-2-4-6-21)12-16(20-10)22(8-18-12)17-14(24)13(23)11(29-17)7-28-9-30(25,26)27/h8,11,13-14,17,23-24H,2-7,9H2,1H3,(H2,25,26,27)/t11-,13-,14-,17-/m1/s1. The molecule has 4 rings (SSSR count). The summed E-state index contributed by atoms with van der Waals surface area (Å²) in [7, 11) is -4.34. The summed E-state index contributed by atoms with van der Waals surface area (Å²) in [6, 6.07) is 0. The zero-order chi connectivity index (χ0) is 21.5. The van der Waals surface area contributed by atoms with Crippen molar-refractivity contribution in [2.45, 2.75) is 50.7 Å². The van der Waals surface area contributed by atoms with Crippen LogP contribution in [0.4, 0.5) is 5.82 Å². The Morgan fingerprint density at radius 3 is 2.63 bits per heavy atom. The zero-order valence-electron chi connectivity index (χ0n) is 16.5. The van der Waals surface area contributed by atoms with Gasteiger partial charge < -0.3 is 34.4 Å². The Bertz CT molecular complexity index is 944. The third kappa shape index (κ3) is 4.35. The number of imidazole rings is 1. The van der Waals surface area contributed by atoms with Gasteiger partial charge in [-0.15, -0.1) is 0 Å². The molecular formula is C17H26N5O7P. The SMILES string of the molecule is Cc1nc(N2CCCCC2)c2ncn([C@@H]3O[C@H](COCP(=O)(O)O)[C@@H](O)[C@H]3O)c2n1. The van der Waals surface area contributed by atoms with Crippen LogP contribution in [0.15, 0.2) is 6.33 Å². The first-order chi connectivity index (χ1) is 14.2. The van der Waals surface area contributed by atoms with Crippen LogP contribution in [-0.4, -0.2) is 83.9 Å². The summed E-state index contributed by atoms with van der Waals surface area (Å²) in [4.78, 5) is 33.5. The molecule has 166 valence electrons. The van der Waals surface area contributed by atoms with Crippen molar-refractivity contribution >= 4 is 24.6 Å². The second-order valence-electron chi connectivity index (χ2n) is 7.68. The maximum Gasteiger partial charge on any atom is 0.350 e. The number of piperidine rings is 1. The van der Waals surface area contributed by atoms with E-state index in [0.29, 0.717) is 17.0 Å². The molecule has 2 aliphatic heterocycles. The normalized spacial score (nSPS) is 27.8. The van der Waals surface area contributed by atoms with Gasteiger partial charge in [-0.2, -0.15) is 0 Å². The van der Waals surface area contributed by atoms with E-state index in [0.717, 1.165) is 31.7 Å². The molecule has 0 radical (unpaired) electrons. The van der Waals surface area contributed by atoms with Crippen LogP contribution in [0.25, 0.3) is 11.2 Å². The Balaban J connectivity index is 1.58. The minimum Gasteiger partial charge on any atom is -0.387 e. The number of rotatable bonds is 6. The Morgan fingerprint density at radius 2 is 1.93 bits per heavy atom. The molecule has 0 aliphatic carbocycles. The van der Waals surface area contributed by atoms with E-state index in [2.05, 4.69) is 19.9 Å². The molecule has 0 bridgehead atoms. The van der Waals surface area contributed by atoms with Crippen LogP contribution in [0.1, 0.15) is 31.3 Å². The van der Waals surface area contributed by atoms with Gasteiger partial charge in [0, 0.05) is 13.1 Å². The van der Waals surface area contributed by atoms with E-state index >= 15 is 0 Å². The number of anilines is 1. The van der Waals surface area contributed by atoms with Crippen LogP contribution in [0.3, 0.4) is 0 Å². The van der Waals surface area contributed by atoms with Crippen molar-refractivity contribution in [1.82, 2.24) is 19.5 Å². The first-order valence-electron chi connectivity index (χ1n) is 9.84. The monoisotopic (exact) mass is 443 g/mol. The van der Waals surface area contributed by atoms with Crippen LogP contribution in [0.2, 0.25) is 0 Å². The summed E-state index contributed by atoms with van der Waals surface area (Å²) < 4.78 is 23.2. The Kier molecular flexibility index (Phi) is 6.08. The van der Waals surface area contributed by atoms with Crippen molar-refractivity contribution in [3.63, 3.8) is 0 Å². The molecule has 0 saturated carbocycles. The quantitative estimate of drug-likeness (QED) is 0.441. The molecule has 12 nitrogen and oxygen atoms in total. The van der Waals surface area contributed by atoms with Crippen LogP contribution in [-0.2, 0) is 14.0 Å². The number of aliphatic hydroxyl groups is 2. The minimum absolute atomic E-state index is 0.278. The number of ether oxygens (including phenoxy) is 2. The molecule has 2 aliphatic rings. The van der Waals surface area contributed by atoms with Gasteiger partial charge in [0.15, 0.2) is 23.2 Å². The lowest BCUT2D eigenvalue weighted by atomic mass is 10.1. The highest BCUT2D eigenvalue weighted by Crippen LogP contribution is 2.36. The van der Waals surface area contributed by atoms with E-state index in [1.807, 2.05) is 0 Å². The molecule has 0 unspecified atom stereocenters. The van der Waals surface area contributed by atoms with Gasteiger partial charge in [0.05, 0.1) is 12.9 Å². The van der Waals surface area contributed by atoms with Crippen molar-refractivity contribution in [1.29, 1.82) is 0 Å². The fraction of sp³-hybridized carbons (Fsp3) is 0.706. The second-order valence-corrected chi connectivity index (χ2v) is 9.26. The lowest BCUT2D eigenvalue weighted by molar-refractivity contribution is -0.0612. The zero-order valence-corrected chi connectivity index (χ0v) is 17.4. The van der Waals surface area contributed by atoms with Crippen LogP contribution < -0.4 is 4.90 Å². The molecule has 2 aromatic rings. The molecule has 2 fully saturated rings. The lowest BCUT2D eigenvalue weighted by Crippen LogP contribution is -2.34. The molecule has 4 atom stereocenters. The number of nitrogens with zero attached hydrogens (tertiary/aromatic N) is 5. The second kappa shape index (κ2) is 8.46. The topological polar surface area (TPSA) is 163 Å². The van der Waals surface area contributed by atoms with Gasteiger partial charge in [0.2, 0.25) is 0 Å². The Hall–Kier alpha value is -1.66. The molecule has 30 heavy (non-hydrogen) atoms. The number of fused-ring (bicyclic) bond motifs is 1. The largest absolute Gasteiger partial charge is 0.387 e. The average molecular weight is 443 g/mol. The van der Waals surface area contributed by atoms with Crippen molar-refractivity contribution in [2.24, 2.45) is 0 Å². The third-order valence-corrected chi connectivity index (χ3v) is 5.84. The summed E-state index contributed by atoms with van der Waals surface area (Å²) in [5, 5.41) is 20.8. The van der Waals surface area contributed by atoms with Gasteiger partial charge in [-0.1, -0.05) is 0 Å². The molecule has 13 heteroatoms. The summed E-state index contributed by atoms with van der Waals surface area (Å²) in [6.07, 6.45) is -0.477. The predicted molar refractivity (Wildman–Crippen MR) is 105 cm³/mol. The number of aliphatic hydroxyl groups excluding tert-OH is 2. The van der Waals surface area contributed by atoms with E-state index in [-0.39, 0.29) is 6.61 Å². The minimum atomic E-state index is -4.34. The van der Waals surface area contributed by atoms with Gasteiger partial charge in [0.1, 0.15) is 30.5 Å². The Labute approximate surface area is 172 Å². The lowest BCUT2D eigenvalue weighted by Gasteiger charge is -2.28. The fourth-order valence-corrected chi connectivity index (χ4v) is 4.25. The van der Waals surface area contributed by atoms with E-state index in [4.69, 9.17) is 19.3 Å². The molecule has 2 aromatic heterocycles. The number of hydrogen-bond donors (Lipinski definition) is 4. The maximum atomic E-state index is 10.9. The van der Waals surface area contributed by atoms with Gasteiger partial charge >= 0.3 is 7.60 Å². The van der Waals surface area contributed by atoms with E-state index < -0.39 is 38.5 Å². The van der Waals surface area contributed by atoms with Crippen molar-refractivity contribution < 1.29 is 34.0 Å². The van der Waals surface area contributed by atoms with Crippen LogP contribution >= 0.6 is 7.60 Å². The summed E-state index contributed by atoms with van der Waals surface area (Å²) in [5.74, 6) is 1.30. The summed E-state index contributed by atoms with van der Waals surface area (Å²) >= 11 is 0. The molecule has 4 heterocycles. The summed E-state index contributed by atoms with van der Waals surface area (Å²) in [6.45, 7) is 3.28. The number of hydrogen-bond acceptors (Lipinski definition) is 9. The molecule has 0 aromatic carbocycles. The van der Waals surface area contributed by atoms with Crippen LogP contribution in [0.5, 0.6) is 0 Å². The Morgan fingerprint density at radius 1 is 1.20 bits per heavy atom. The van der Waals surface area contributed by atoms with Crippen molar-refractivity contribution in [3.8, 4) is 0 Å². The molecule has 0 amide bonds. The molecule has 2 saturated heterocycles. The maximum absolute atomic E-state index is 10.9. The molecule has 0 spiro atoms. The van der Waals surface area contributed by atoms with Crippen molar-refractivity contribution in [2.75, 3.05) is 30.9 Å². The number of aryl methyl sites for hydroxylation is 1. The first kappa shape index (κ1) is 21.6. The van der Waals surface area contributed by atoms with Crippen molar-refractivity contribution in [3.05, 3.63) is 12.2 Å². The van der Waals surface area contributed by atoms with Gasteiger partial charge in [-0.3, -0.25) is 9.13 Å². The average Bonchev–Trinajstić information content (AvgIpc) is 3.23. The third-order valence-electron chi connectivity index (χ3n) is 5.32. The number of aromatic nitrogens is 4. The van der Waals surface area contributed by atoms with Gasteiger partial charge in [-0.05, 0) is 26.2 Å². The highest BCUT2D eigenvalue weighted by atomic mass is 31.2. The van der Waals surface area contributed by atoms with Crippen LogP contribution in [0, 0.1) is 6.92 Å². The van der Waals surface area contributed by atoms with E-state index in [9.17, 15) is 14.8 Å². The smallest absolute Gasteiger partial charge is 0.350 e. The van der Waals surface area contributed by atoms with E-state index in [1.165, 1.54) is 12.7 Å². The van der Waals surface area contributed by atoms with Gasteiger partial charge in [-0.25, -0.2) is 15.0 Å². The first-order valence-corrected chi connectivity index (χ1v) is 11.6. The molecular weight excluding hydrogens is 417 g/mol.